The number of aryl methyl sites for hydroxylation is 2. The van der Waals surface area contributed by atoms with Gasteiger partial charge < -0.3 is 4.74 Å². The Balaban J connectivity index is 1.10. The van der Waals surface area contributed by atoms with Gasteiger partial charge in [-0.2, -0.15) is 0 Å². The average molecular weight is 1340 g/mol. The maximum atomic E-state index is 11.2. The van der Waals surface area contributed by atoms with E-state index in [9.17, 15) is 32.9 Å². The second kappa shape index (κ2) is 24.4. The molecule has 5 nitrogen and oxygen atoms in total. The number of para-hydroxylation sites is 1. The van der Waals surface area contributed by atoms with Crippen molar-refractivity contribution in [3.8, 4) is 95.5 Å². The third kappa shape index (κ3) is 10.5. The molecule has 0 atom stereocenters. The van der Waals surface area contributed by atoms with Gasteiger partial charge in [-0.15, -0.1) is 0 Å². The van der Waals surface area contributed by atoms with E-state index >= 15 is 0 Å². The minimum absolute atomic E-state index is 0.0277. The predicted octanol–water partition coefficient (Wildman–Crippen LogP) is 20.9. The summed E-state index contributed by atoms with van der Waals surface area (Å²) in [5.41, 5.74) is -3.73. The summed E-state index contributed by atoms with van der Waals surface area (Å²) in [6.07, 6.45) is 5.25. The molecule has 3 aromatic heterocycles. The molecule has 0 fully saturated rings. The fourth-order valence-corrected chi connectivity index (χ4v) is 17.2. The first-order valence-corrected chi connectivity index (χ1v) is 34.1. The van der Waals surface area contributed by atoms with Crippen LogP contribution in [0.4, 0.5) is 0 Å². The molecule has 4 heterocycles. The largest absolute Gasteiger partial charge is 0.458 e. The van der Waals surface area contributed by atoms with E-state index in [1.807, 2.05) is 73.9 Å². The van der Waals surface area contributed by atoms with Crippen molar-refractivity contribution in [1.29, 1.82) is 0 Å². The first-order chi connectivity index (χ1) is 62.3. The Labute approximate surface area is 633 Å². The number of benzene rings is 13. The molecule has 0 radical (unpaired) electrons. The lowest BCUT2D eigenvalue weighted by molar-refractivity contribution is -0.570. The van der Waals surface area contributed by atoms with Crippen molar-refractivity contribution >= 4 is 61.7 Å². The van der Waals surface area contributed by atoms with Crippen molar-refractivity contribution in [1.82, 2.24) is 14.1 Å². The van der Waals surface area contributed by atoms with E-state index in [1.54, 1.807) is 60.8 Å². The molecule has 1 aliphatic rings. The molecule has 0 amide bonds. The molecular formula is C94H76N4OSi. The quantitative estimate of drug-likeness (QED) is 0.0560. The monoisotopic (exact) mass is 1340 g/mol. The Morgan fingerprint density at radius 3 is 1.65 bits per heavy atom. The van der Waals surface area contributed by atoms with Crippen molar-refractivity contribution in [2.75, 3.05) is 0 Å². The number of aromatic nitrogens is 4. The Morgan fingerprint density at radius 1 is 0.430 bits per heavy atom. The molecule has 0 saturated heterocycles. The lowest BCUT2D eigenvalue weighted by Gasteiger charge is -2.34. The first-order valence-electron chi connectivity index (χ1n) is 48.6. The fourth-order valence-electron chi connectivity index (χ4n) is 13.6. The van der Waals surface area contributed by atoms with E-state index in [1.165, 1.54) is 51.6 Å². The second-order valence-electron chi connectivity index (χ2n) is 26.4. The van der Waals surface area contributed by atoms with Crippen LogP contribution in [0.25, 0.3) is 117 Å². The van der Waals surface area contributed by atoms with Crippen LogP contribution in [-0.2, 0) is 10.8 Å². The average Bonchev–Trinajstić information content (AvgIpc) is 1.21. The van der Waals surface area contributed by atoms with Crippen LogP contribution < -0.4 is 30.1 Å². The molecule has 0 N–H and O–H groups in total. The molecule has 0 unspecified atom stereocenters. The Morgan fingerprint density at radius 2 is 1.00 bits per heavy atom. The van der Waals surface area contributed by atoms with Crippen molar-refractivity contribution in [3.63, 3.8) is 0 Å². The minimum Gasteiger partial charge on any atom is -0.458 e. The summed E-state index contributed by atoms with van der Waals surface area (Å²) < 4.78 is 332. The smallest absolute Gasteiger partial charge is 0.269 e. The number of nitrogens with zero attached hydrogens (tertiary/aromatic N) is 4. The van der Waals surface area contributed by atoms with E-state index in [0.717, 1.165) is 27.4 Å². The summed E-state index contributed by atoms with van der Waals surface area (Å²) in [5, 5.41) is -2.89. The molecule has 0 spiro atoms. The van der Waals surface area contributed by atoms with E-state index in [-0.39, 0.29) is 67.1 Å². The van der Waals surface area contributed by atoms with Gasteiger partial charge in [0.2, 0.25) is 0 Å². The van der Waals surface area contributed by atoms with Crippen molar-refractivity contribution in [3.05, 3.63) is 344 Å². The highest BCUT2D eigenvalue weighted by atomic mass is 28.3. The van der Waals surface area contributed by atoms with Gasteiger partial charge in [0.25, 0.3) is 6.33 Å². The Kier molecular flexibility index (Phi) is 8.70. The zero-order valence-electron chi connectivity index (χ0n) is 87.6. The zero-order valence-corrected chi connectivity index (χ0v) is 55.6. The molecule has 0 aliphatic carbocycles. The molecule has 16 aromatic rings. The normalized spacial score (nSPS) is 17.1. The van der Waals surface area contributed by atoms with E-state index in [0.29, 0.717) is 11.3 Å². The third-order valence-electron chi connectivity index (χ3n) is 18.4. The SMILES string of the molecule is [2H]c1c([2H])c([2H])c([Si](c2c([2H])c([2H])c([2H])c([2H])c2[2H])(c2c([2H])c([2H])c([2H])c([2H])c2[2H])c2c([2H])c([2H])c([2H])c(-c3cc4c5c(c3)n(-c3cccc(Oc6ccc7c8ccccc8n(-c8cc(C(C)(C)C)ccn8)c7c6)c3)[c-][n+]5-c3c(-c5ccc(C(C)(C)C)cc5)cc(-c5c(C([2H])([2H])[2H])cccc5C([2H])([2H])[2H])cc3-c3c([2H])c([2H])c([2H])c([2H])c3-c3c([2H])c([2H])c([2H])c([2H])c3-4)c2[2H])c([2H])c1[2H]. The van der Waals surface area contributed by atoms with Crippen LogP contribution in [-0.4, -0.2) is 22.2 Å². The maximum Gasteiger partial charge on any atom is 0.269 e. The van der Waals surface area contributed by atoms with Gasteiger partial charge in [0.05, 0.1) is 70.5 Å². The minimum atomic E-state index is -6.61. The zero-order chi connectivity index (χ0) is 96.5. The van der Waals surface area contributed by atoms with Crippen LogP contribution in [0.15, 0.2) is 315 Å². The number of fused-ring (bicyclic) bond motifs is 10. The topological polar surface area (TPSA) is 35.9 Å². The molecule has 1 aliphatic heterocycles. The third-order valence-corrected chi connectivity index (χ3v) is 22.4. The summed E-state index contributed by atoms with van der Waals surface area (Å²) in [4.78, 5) is 4.87. The van der Waals surface area contributed by atoms with Crippen molar-refractivity contribution < 1.29 is 54.5 Å². The molecule has 100 heavy (non-hydrogen) atoms. The summed E-state index contributed by atoms with van der Waals surface area (Å²) in [5.74, 6) is 1.00. The maximum absolute atomic E-state index is 11.2. The van der Waals surface area contributed by atoms with Crippen molar-refractivity contribution in [2.24, 2.45) is 0 Å². The predicted molar refractivity (Wildman–Crippen MR) is 419 cm³/mol. The molecule has 482 valence electrons. The van der Waals surface area contributed by atoms with Crippen LogP contribution in [0, 0.1) is 20.0 Å². The number of pyridine rings is 1. The number of imidazole rings is 1. The van der Waals surface area contributed by atoms with Gasteiger partial charge in [-0.1, -0.05) is 277 Å². The highest BCUT2D eigenvalue weighted by Crippen LogP contribution is 2.49. The van der Waals surface area contributed by atoms with Crippen LogP contribution in [0.1, 0.15) is 109 Å². The number of hydrogen-bond acceptors (Lipinski definition) is 2. The Hall–Kier alpha value is -11.7. The van der Waals surface area contributed by atoms with Crippen molar-refractivity contribution in [2.45, 2.75) is 66.1 Å². The number of ether oxygens (including phenoxy) is 1. The second-order valence-corrected chi connectivity index (χ2v) is 29.9. The van der Waals surface area contributed by atoms with E-state index < -0.39 is 261 Å². The van der Waals surface area contributed by atoms with Crippen LogP contribution in [0.3, 0.4) is 0 Å². The molecule has 0 bridgehead atoms. The highest BCUT2D eigenvalue weighted by molar-refractivity contribution is 7.20. The van der Waals surface area contributed by atoms with Gasteiger partial charge in [-0.05, 0) is 201 Å². The van der Waals surface area contributed by atoms with Crippen LogP contribution in [0.2, 0.25) is 0 Å². The first kappa shape index (κ1) is 35.7. The highest BCUT2D eigenvalue weighted by Gasteiger charge is 2.42. The van der Waals surface area contributed by atoms with Crippen LogP contribution >= 0.6 is 0 Å². The lowest BCUT2D eigenvalue weighted by Crippen LogP contribution is -2.74. The molecule has 17 rings (SSSR count). The standard InChI is InChI=1S/C94H76N4OSi/c1-62-27-24-28-63(2)90(62)67-55-83(64-45-47-68(48-46-64)93(3,4)5)91-84(56-67)79-41-20-18-39-77(79)78-40-19-21-42-80(78)85-54-66(65-29-25-38-76(53-65)100(73-32-12-9-13-33-73,74-34-14-10-15-35-74)75-36-16-11-17-37-75)57-88-92(85)97(91)61-96(88)70-30-26-31-71(59-70)99-72-49-50-82-81-43-22-23-44-86(81)98(87(82)60-72)89-58-69(51-52-95-89)94(6,7)8/h9-60H,1-8H3/i1D3,2D3,9D,10D,11D,12D,13D,14D,15D,16D,17D,18D,19D,20D,21D,25D,29D,32D,33D,34D,35D,36D,37D,38D,39D,40D,41D,42D,53D. The molecular weight excluding hydrogens is 1230 g/mol. The Bertz CT molecular complexity index is 7530. The lowest BCUT2D eigenvalue weighted by atomic mass is 9.84. The molecule has 0 saturated carbocycles. The van der Waals surface area contributed by atoms with Crippen LogP contribution in [0.5, 0.6) is 11.5 Å². The van der Waals surface area contributed by atoms with Gasteiger partial charge in [0.15, 0.2) is 8.07 Å². The summed E-state index contributed by atoms with van der Waals surface area (Å²) in [6.45, 7) is 5.94. The molecule has 13 aromatic carbocycles. The van der Waals surface area contributed by atoms with Gasteiger partial charge in [0, 0.05) is 31.3 Å². The number of hydrogen-bond donors (Lipinski definition) is 0. The van der Waals surface area contributed by atoms with E-state index in [2.05, 4.69) is 27.1 Å². The fraction of sp³-hybridized carbons (Fsp3) is 0.106. The van der Waals surface area contributed by atoms with Gasteiger partial charge in [0.1, 0.15) is 17.3 Å². The molecule has 6 heteroatoms. The van der Waals surface area contributed by atoms with Gasteiger partial charge >= 0.3 is 0 Å². The summed E-state index contributed by atoms with van der Waals surface area (Å²) in [7, 11) is -6.61. The number of rotatable bonds is 11. The van der Waals surface area contributed by atoms with Gasteiger partial charge in [-0.3, -0.25) is 13.7 Å². The van der Waals surface area contributed by atoms with Gasteiger partial charge in [-0.25, -0.2) is 4.98 Å². The van der Waals surface area contributed by atoms with E-state index in [4.69, 9.17) is 22.1 Å². The summed E-state index contributed by atoms with van der Waals surface area (Å²) in [6, 6.07) is 8.85. The summed E-state index contributed by atoms with van der Waals surface area (Å²) >= 11 is 0.